The number of amides is 1. The molecular formula is C17H17N3O3S. The molecule has 0 aromatic heterocycles. The fourth-order valence-corrected chi connectivity index (χ4v) is 3.06. The average molecular weight is 343 g/mol. The third kappa shape index (κ3) is 4.83. The lowest BCUT2D eigenvalue weighted by Gasteiger charge is -2.22. The van der Waals surface area contributed by atoms with E-state index in [0.29, 0.717) is 16.9 Å². The number of hydrogen-bond donors (Lipinski definition) is 1. The monoisotopic (exact) mass is 343 g/mol. The topological polar surface area (TPSA) is 90.3 Å². The number of hydrogen-bond acceptors (Lipinski definition) is 4. The molecule has 0 bridgehead atoms. The molecule has 1 amide bonds. The third-order valence-electron chi connectivity index (χ3n) is 3.28. The lowest BCUT2D eigenvalue weighted by Crippen LogP contribution is -2.32. The van der Waals surface area contributed by atoms with Gasteiger partial charge in [-0.3, -0.25) is 9.10 Å². The van der Waals surface area contributed by atoms with Crippen molar-refractivity contribution < 1.29 is 13.2 Å². The van der Waals surface area contributed by atoms with Gasteiger partial charge in [0, 0.05) is 18.7 Å². The number of rotatable bonds is 6. The first-order chi connectivity index (χ1) is 11.4. The number of anilines is 2. The van der Waals surface area contributed by atoms with Crippen molar-refractivity contribution in [1.82, 2.24) is 0 Å². The number of benzene rings is 2. The van der Waals surface area contributed by atoms with Gasteiger partial charge in [-0.2, -0.15) is 5.26 Å². The Balaban J connectivity index is 2.01. The largest absolute Gasteiger partial charge is 0.326 e. The molecule has 0 aliphatic rings. The molecule has 6 nitrogen and oxygen atoms in total. The van der Waals surface area contributed by atoms with Gasteiger partial charge in [0.15, 0.2) is 0 Å². The van der Waals surface area contributed by atoms with E-state index in [9.17, 15) is 13.2 Å². The Kier molecular flexibility index (Phi) is 5.55. The Bertz CT molecular complexity index is 841. The first-order valence-corrected chi connectivity index (χ1v) is 9.08. The molecule has 24 heavy (non-hydrogen) atoms. The van der Waals surface area contributed by atoms with Crippen LogP contribution in [0.3, 0.4) is 0 Å². The van der Waals surface area contributed by atoms with Crippen LogP contribution in [0.2, 0.25) is 0 Å². The predicted octanol–water partition coefficient (Wildman–Crippen LogP) is 2.35. The standard InChI is InChI=1S/C17H17N3O3S/c1-24(22,23)20(16-5-3-2-4-6-16)12-11-17(21)19-15-9-7-14(13-18)8-10-15/h2-10H,11-12H2,1H3,(H,19,21). The Morgan fingerprint density at radius 3 is 2.29 bits per heavy atom. The molecule has 0 heterocycles. The maximum Gasteiger partial charge on any atom is 0.232 e. The van der Waals surface area contributed by atoms with E-state index in [1.165, 1.54) is 4.31 Å². The second kappa shape index (κ2) is 7.62. The molecule has 0 atom stereocenters. The van der Waals surface area contributed by atoms with Crippen molar-refractivity contribution >= 4 is 27.3 Å². The van der Waals surface area contributed by atoms with E-state index in [0.717, 1.165) is 6.26 Å². The molecule has 7 heteroatoms. The Hall–Kier alpha value is -2.85. The molecular weight excluding hydrogens is 326 g/mol. The molecule has 0 radical (unpaired) electrons. The summed E-state index contributed by atoms with van der Waals surface area (Å²) in [7, 11) is -3.48. The van der Waals surface area contributed by atoms with Crippen molar-refractivity contribution in [2.45, 2.75) is 6.42 Å². The second-order valence-corrected chi connectivity index (χ2v) is 7.06. The van der Waals surface area contributed by atoms with Crippen molar-refractivity contribution in [3.8, 4) is 6.07 Å². The van der Waals surface area contributed by atoms with E-state index in [1.54, 1.807) is 54.6 Å². The third-order valence-corrected chi connectivity index (χ3v) is 4.48. The van der Waals surface area contributed by atoms with Crippen LogP contribution in [0.5, 0.6) is 0 Å². The van der Waals surface area contributed by atoms with Crippen LogP contribution in [0.4, 0.5) is 11.4 Å². The second-order valence-electron chi connectivity index (χ2n) is 5.16. The highest BCUT2D eigenvalue weighted by Gasteiger charge is 2.18. The molecule has 0 spiro atoms. The smallest absolute Gasteiger partial charge is 0.232 e. The molecule has 2 aromatic rings. The summed E-state index contributed by atoms with van der Waals surface area (Å²) in [4.78, 5) is 12.0. The van der Waals surface area contributed by atoms with E-state index in [2.05, 4.69) is 5.32 Å². The van der Waals surface area contributed by atoms with Gasteiger partial charge in [-0.25, -0.2) is 8.42 Å². The van der Waals surface area contributed by atoms with Crippen LogP contribution in [0.1, 0.15) is 12.0 Å². The quantitative estimate of drug-likeness (QED) is 0.872. The van der Waals surface area contributed by atoms with E-state index >= 15 is 0 Å². The fraction of sp³-hybridized carbons (Fsp3) is 0.176. The SMILES string of the molecule is CS(=O)(=O)N(CCC(=O)Nc1ccc(C#N)cc1)c1ccccc1. The minimum Gasteiger partial charge on any atom is -0.326 e. The van der Waals surface area contributed by atoms with Gasteiger partial charge in [0.25, 0.3) is 0 Å². The minimum absolute atomic E-state index is 0.0158. The number of nitrogens with zero attached hydrogens (tertiary/aromatic N) is 2. The highest BCUT2D eigenvalue weighted by Crippen LogP contribution is 2.17. The van der Waals surface area contributed by atoms with Gasteiger partial charge >= 0.3 is 0 Å². The maximum atomic E-state index is 12.0. The first-order valence-electron chi connectivity index (χ1n) is 7.23. The summed E-state index contributed by atoms with van der Waals surface area (Å²) < 4.78 is 25.1. The van der Waals surface area contributed by atoms with Crippen LogP contribution in [0, 0.1) is 11.3 Å². The maximum absolute atomic E-state index is 12.0. The van der Waals surface area contributed by atoms with Gasteiger partial charge in [0.1, 0.15) is 0 Å². The molecule has 0 aliphatic heterocycles. The zero-order chi connectivity index (χ0) is 17.6. The number of carbonyl (C=O) groups is 1. The summed E-state index contributed by atoms with van der Waals surface area (Å²) in [6, 6.07) is 17.1. The summed E-state index contributed by atoms with van der Waals surface area (Å²) in [5.74, 6) is -0.302. The van der Waals surface area contributed by atoms with Crippen LogP contribution >= 0.6 is 0 Å². The van der Waals surface area contributed by atoms with E-state index < -0.39 is 10.0 Å². The van der Waals surface area contributed by atoms with E-state index in [-0.39, 0.29) is 18.9 Å². The number of nitrogens with one attached hydrogen (secondary N) is 1. The molecule has 1 N–H and O–H groups in total. The van der Waals surface area contributed by atoms with Crippen LogP contribution < -0.4 is 9.62 Å². The lowest BCUT2D eigenvalue weighted by molar-refractivity contribution is -0.116. The van der Waals surface area contributed by atoms with Crippen LogP contribution in [-0.2, 0) is 14.8 Å². The molecule has 2 rings (SSSR count). The van der Waals surface area contributed by atoms with Crippen molar-refractivity contribution in [2.24, 2.45) is 0 Å². The zero-order valence-electron chi connectivity index (χ0n) is 13.1. The minimum atomic E-state index is -3.48. The van der Waals surface area contributed by atoms with E-state index in [1.807, 2.05) is 6.07 Å². The molecule has 0 saturated carbocycles. The molecule has 0 saturated heterocycles. The first kappa shape index (κ1) is 17.5. The van der Waals surface area contributed by atoms with Crippen molar-refractivity contribution in [2.75, 3.05) is 22.4 Å². The summed E-state index contributed by atoms with van der Waals surface area (Å²) in [6.45, 7) is 0.0466. The Labute approximate surface area is 141 Å². The van der Waals surface area contributed by atoms with Crippen molar-refractivity contribution in [3.05, 3.63) is 60.2 Å². The fourth-order valence-electron chi connectivity index (χ4n) is 2.14. The molecule has 124 valence electrons. The Morgan fingerprint density at radius 2 is 1.75 bits per heavy atom. The number of carbonyl (C=O) groups excluding carboxylic acids is 1. The van der Waals surface area contributed by atoms with Gasteiger partial charge in [-0.15, -0.1) is 0 Å². The van der Waals surface area contributed by atoms with Gasteiger partial charge in [0.2, 0.25) is 15.9 Å². The van der Waals surface area contributed by atoms with Crippen molar-refractivity contribution in [1.29, 1.82) is 5.26 Å². The average Bonchev–Trinajstić information content (AvgIpc) is 2.55. The van der Waals surface area contributed by atoms with Gasteiger partial charge in [-0.05, 0) is 36.4 Å². The summed E-state index contributed by atoms with van der Waals surface area (Å²) in [6.07, 6.45) is 1.13. The van der Waals surface area contributed by atoms with Crippen LogP contribution in [0.15, 0.2) is 54.6 Å². The molecule has 0 aliphatic carbocycles. The molecule has 0 unspecified atom stereocenters. The van der Waals surface area contributed by atoms with E-state index in [4.69, 9.17) is 5.26 Å². The summed E-state index contributed by atoms with van der Waals surface area (Å²) in [5, 5.41) is 11.4. The summed E-state index contributed by atoms with van der Waals surface area (Å²) >= 11 is 0. The van der Waals surface area contributed by atoms with Gasteiger partial charge in [-0.1, -0.05) is 18.2 Å². The molecule has 0 fully saturated rings. The van der Waals surface area contributed by atoms with Crippen LogP contribution in [0.25, 0.3) is 0 Å². The predicted molar refractivity (Wildman–Crippen MR) is 93.0 cm³/mol. The highest BCUT2D eigenvalue weighted by atomic mass is 32.2. The van der Waals surface area contributed by atoms with Crippen molar-refractivity contribution in [3.63, 3.8) is 0 Å². The van der Waals surface area contributed by atoms with Gasteiger partial charge < -0.3 is 5.32 Å². The van der Waals surface area contributed by atoms with Crippen LogP contribution in [-0.4, -0.2) is 27.1 Å². The lowest BCUT2D eigenvalue weighted by atomic mass is 10.2. The normalized spacial score (nSPS) is 10.7. The number of para-hydroxylation sites is 1. The molecule has 2 aromatic carbocycles. The Morgan fingerprint density at radius 1 is 1.12 bits per heavy atom. The number of sulfonamides is 1. The zero-order valence-corrected chi connectivity index (χ0v) is 14.0. The number of nitriles is 1. The summed E-state index contributed by atoms with van der Waals surface area (Å²) in [5.41, 5.74) is 1.58. The van der Waals surface area contributed by atoms with Gasteiger partial charge in [0.05, 0.1) is 23.6 Å². The highest BCUT2D eigenvalue weighted by molar-refractivity contribution is 7.92.